The number of aromatic nitrogens is 3. The lowest BCUT2D eigenvalue weighted by Crippen LogP contribution is -2.21. The lowest BCUT2D eigenvalue weighted by Gasteiger charge is -2.19. The fourth-order valence-corrected chi connectivity index (χ4v) is 4.12. The van der Waals surface area contributed by atoms with Gasteiger partial charge in [-0.15, -0.1) is 0 Å². The second-order valence-electron chi connectivity index (χ2n) is 7.13. The Morgan fingerprint density at radius 1 is 1.14 bits per heavy atom. The zero-order valence-electron chi connectivity index (χ0n) is 16.5. The molecule has 2 aromatic heterocycles. The van der Waals surface area contributed by atoms with Crippen molar-refractivity contribution in [1.29, 1.82) is 0 Å². The Morgan fingerprint density at radius 3 is 2.64 bits per heavy atom. The van der Waals surface area contributed by atoms with Crippen LogP contribution in [0.3, 0.4) is 0 Å². The van der Waals surface area contributed by atoms with E-state index in [0.717, 1.165) is 59.8 Å². The van der Waals surface area contributed by atoms with Crippen molar-refractivity contribution in [3.8, 4) is 11.5 Å². The number of pyridine rings is 1. The van der Waals surface area contributed by atoms with Crippen LogP contribution in [0.5, 0.6) is 11.5 Å². The van der Waals surface area contributed by atoms with E-state index in [1.165, 1.54) is 0 Å². The second-order valence-corrected chi connectivity index (χ2v) is 7.13. The molecule has 1 fully saturated rings. The fourth-order valence-electron chi connectivity index (χ4n) is 4.12. The summed E-state index contributed by atoms with van der Waals surface area (Å²) in [4.78, 5) is 6.96. The summed E-state index contributed by atoms with van der Waals surface area (Å²) in [7, 11) is 3.41. The summed E-state index contributed by atoms with van der Waals surface area (Å²) in [5, 5.41) is 6.00. The predicted octanol–water partition coefficient (Wildman–Crippen LogP) is 2.40. The predicted molar refractivity (Wildman–Crippen MR) is 109 cm³/mol. The van der Waals surface area contributed by atoms with Gasteiger partial charge in [0, 0.05) is 37.1 Å². The lowest BCUT2D eigenvalue weighted by molar-refractivity contribution is 0.305. The molecule has 0 aliphatic carbocycles. The second kappa shape index (κ2) is 8.16. The molecule has 148 valence electrons. The number of ether oxygens (including phenoxy) is 2. The minimum Gasteiger partial charge on any atom is -0.496 e. The third kappa shape index (κ3) is 3.43. The van der Waals surface area contributed by atoms with Crippen molar-refractivity contribution in [2.24, 2.45) is 5.73 Å². The molecule has 1 saturated heterocycles. The molecule has 0 saturated carbocycles. The first-order valence-electron chi connectivity index (χ1n) is 9.69. The van der Waals surface area contributed by atoms with Crippen molar-refractivity contribution >= 4 is 11.0 Å². The Hall–Kier alpha value is -2.64. The summed E-state index contributed by atoms with van der Waals surface area (Å²) in [5.41, 5.74) is 8.90. The van der Waals surface area contributed by atoms with Crippen LogP contribution in [0.15, 0.2) is 36.5 Å². The van der Waals surface area contributed by atoms with Crippen LogP contribution in [0.25, 0.3) is 11.0 Å². The van der Waals surface area contributed by atoms with Crippen molar-refractivity contribution in [2.45, 2.75) is 25.4 Å². The number of nitrogens with zero attached hydrogens (tertiary/aromatic N) is 4. The molecule has 7 heteroatoms. The van der Waals surface area contributed by atoms with Crippen LogP contribution < -0.4 is 15.2 Å². The van der Waals surface area contributed by atoms with Crippen LogP contribution in [0.1, 0.15) is 23.6 Å². The first kappa shape index (κ1) is 18.7. The first-order valence-corrected chi connectivity index (χ1v) is 9.69. The number of nitrogens with two attached hydrogens (primary N) is 1. The molecule has 7 nitrogen and oxygen atoms in total. The molecule has 2 N–H and O–H groups in total. The van der Waals surface area contributed by atoms with Crippen LogP contribution in [0.4, 0.5) is 0 Å². The summed E-state index contributed by atoms with van der Waals surface area (Å²) in [6.07, 6.45) is 2.89. The zero-order chi connectivity index (χ0) is 19.5. The van der Waals surface area contributed by atoms with E-state index in [2.05, 4.69) is 16.0 Å². The number of rotatable bonds is 7. The van der Waals surface area contributed by atoms with E-state index in [1.807, 2.05) is 35.1 Å². The van der Waals surface area contributed by atoms with Crippen LogP contribution in [0, 0.1) is 0 Å². The van der Waals surface area contributed by atoms with Crippen LogP contribution in [-0.4, -0.2) is 53.5 Å². The Morgan fingerprint density at radius 2 is 1.93 bits per heavy atom. The van der Waals surface area contributed by atoms with E-state index in [0.29, 0.717) is 19.0 Å². The maximum Gasteiger partial charge on any atom is 0.158 e. The molecule has 1 aliphatic heterocycles. The van der Waals surface area contributed by atoms with Crippen molar-refractivity contribution in [1.82, 2.24) is 19.7 Å². The zero-order valence-corrected chi connectivity index (χ0v) is 16.5. The topological polar surface area (TPSA) is 78.4 Å². The summed E-state index contributed by atoms with van der Waals surface area (Å²) in [5.74, 6) is 2.11. The van der Waals surface area contributed by atoms with Gasteiger partial charge in [0.2, 0.25) is 0 Å². The van der Waals surface area contributed by atoms with Gasteiger partial charge in [-0.25, -0.2) is 9.67 Å². The number of fused-ring (bicyclic) bond motifs is 1. The molecule has 3 heterocycles. The SMILES string of the molecule is COc1cccc(OC)c1CN1CC[C@@H](c2nn(CCN)c3ncccc23)C1. The van der Waals surface area contributed by atoms with E-state index in [9.17, 15) is 0 Å². The Labute approximate surface area is 165 Å². The quantitative estimate of drug-likeness (QED) is 0.677. The highest BCUT2D eigenvalue weighted by Crippen LogP contribution is 2.35. The third-order valence-electron chi connectivity index (χ3n) is 5.45. The van der Waals surface area contributed by atoms with Gasteiger partial charge in [0.05, 0.1) is 32.0 Å². The summed E-state index contributed by atoms with van der Waals surface area (Å²) >= 11 is 0. The fraction of sp³-hybridized carbons (Fsp3) is 0.429. The monoisotopic (exact) mass is 381 g/mol. The average molecular weight is 381 g/mol. The van der Waals surface area contributed by atoms with E-state index in [1.54, 1.807) is 14.2 Å². The van der Waals surface area contributed by atoms with Gasteiger partial charge >= 0.3 is 0 Å². The van der Waals surface area contributed by atoms with Crippen molar-refractivity contribution < 1.29 is 9.47 Å². The Balaban J connectivity index is 1.57. The largest absolute Gasteiger partial charge is 0.496 e. The number of benzene rings is 1. The summed E-state index contributed by atoms with van der Waals surface area (Å²) in [6, 6.07) is 10.0. The maximum atomic E-state index is 5.76. The van der Waals surface area contributed by atoms with Crippen LogP contribution in [0.2, 0.25) is 0 Å². The summed E-state index contributed by atoms with van der Waals surface area (Å²) < 4.78 is 13.1. The third-order valence-corrected chi connectivity index (χ3v) is 5.45. The lowest BCUT2D eigenvalue weighted by atomic mass is 10.0. The van der Waals surface area contributed by atoms with Gasteiger partial charge in [0.15, 0.2) is 5.65 Å². The van der Waals surface area contributed by atoms with Crippen molar-refractivity contribution in [2.75, 3.05) is 33.9 Å². The Bertz CT molecular complexity index is 933. The highest BCUT2D eigenvalue weighted by molar-refractivity contribution is 5.78. The van der Waals surface area contributed by atoms with E-state index in [4.69, 9.17) is 20.3 Å². The van der Waals surface area contributed by atoms with Gasteiger partial charge in [0.1, 0.15) is 11.5 Å². The number of hydrogen-bond acceptors (Lipinski definition) is 6. The van der Waals surface area contributed by atoms with Gasteiger partial charge < -0.3 is 15.2 Å². The minimum atomic E-state index is 0.381. The molecule has 0 amide bonds. The first-order chi connectivity index (χ1) is 13.7. The molecule has 0 radical (unpaired) electrons. The average Bonchev–Trinajstić information content (AvgIpc) is 3.33. The normalized spacial score (nSPS) is 17.3. The smallest absolute Gasteiger partial charge is 0.158 e. The van der Waals surface area contributed by atoms with Gasteiger partial charge in [-0.3, -0.25) is 4.90 Å². The van der Waals surface area contributed by atoms with E-state index >= 15 is 0 Å². The maximum absolute atomic E-state index is 5.76. The van der Waals surface area contributed by atoms with Gasteiger partial charge in [-0.05, 0) is 37.2 Å². The van der Waals surface area contributed by atoms with Crippen molar-refractivity contribution in [3.05, 3.63) is 47.8 Å². The molecule has 1 atom stereocenters. The number of methoxy groups -OCH3 is 2. The van der Waals surface area contributed by atoms with E-state index in [-0.39, 0.29) is 0 Å². The molecule has 0 spiro atoms. The van der Waals surface area contributed by atoms with Crippen LogP contribution >= 0.6 is 0 Å². The molecule has 1 aliphatic rings. The molecule has 4 rings (SSSR count). The minimum absolute atomic E-state index is 0.381. The molecule has 28 heavy (non-hydrogen) atoms. The van der Waals surface area contributed by atoms with Crippen LogP contribution in [-0.2, 0) is 13.1 Å². The molecule has 0 bridgehead atoms. The summed E-state index contributed by atoms with van der Waals surface area (Å²) in [6.45, 7) is 3.99. The molecular weight excluding hydrogens is 354 g/mol. The molecule has 1 aromatic carbocycles. The standard InChI is InChI=1S/C21H27N5O2/c1-27-18-6-3-7-19(28-2)17(18)14-25-11-8-15(13-25)20-16-5-4-10-23-21(16)26(24-20)12-9-22/h3-7,10,15H,8-9,11-14,22H2,1-2H3/t15-/m1/s1. The van der Waals surface area contributed by atoms with Gasteiger partial charge in [-0.2, -0.15) is 5.10 Å². The number of hydrogen-bond donors (Lipinski definition) is 1. The highest BCUT2D eigenvalue weighted by atomic mass is 16.5. The van der Waals surface area contributed by atoms with E-state index < -0.39 is 0 Å². The number of likely N-dealkylation sites (tertiary alicyclic amines) is 1. The van der Waals surface area contributed by atoms with Gasteiger partial charge in [-0.1, -0.05) is 6.07 Å². The van der Waals surface area contributed by atoms with Gasteiger partial charge in [0.25, 0.3) is 0 Å². The molecular formula is C21H27N5O2. The van der Waals surface area contributed by atoms with Crippen molar-refractivity contribution in [3.63, 3.8) is 0 Å². The Kier molecular flexibility index (Phi) is 5.45. The molecule has 3 aromatic rings. The highest BCUT2D eigenvalue weighted by Gasteiger charge is 2.29. The molecule has 0 unspecified atom stereocenters.